The molecule has 0 radical (unpaired) electrons. The second-order valence-electron chi connectivity index (χ2n) is 1.57. The van der Waals surface area contributed by atoms with E-state index in [-0.39, 0.29) is 0 Å². The summed E-state index contributed by atoms with van der Waals surface area (Å²) in [6.07, 6.45) is 0. The Hall–Kier alpha value is 1.22. The quantitative estimate of drug-likeness (QED) is 0.487. The van der Waals surface area contributed by atoms with Gasteiger partial charge in [0.05, 0.1) is 0 Å². The van der Waals surface area contributed by atoms with Crippen LogP contribution >= 0.6 is 50.9 Å². The van der Waals surface area contributed by atoms with Gasteiger partial charge >= 0.3 is 39.5 Å². The normalized spacial score (nSPS) is 8.64. The molecule has 0 bridgehead atoms. The van der Waals surface area contributed by atoms with Crippen molar-refractivity contribution in [2.75, 3.05) is 5.73 Å². The maximum absolute atomic E-state index is 5.51. The van der Waals surface area contributed by atoms with Crippen molar-refractivity contribution < 1.29 is 11.1 Å². The first-order valence-corrected chi connectivity index (χ1v) is 8.78. The molecule has 1 rings (SSSR count). The van der Waals surface area contributed by atoms with Crippen molar-refractivity contribution in [1.82, 2.24) is 0 Å². The SMILES string of the molecule is Nc1ccccc1I.[Br][Co][Br]. The molecule has 0 aliphatic carbocycles. The molecule has 0 saturated carbocycles. The van der Waals surface area contributed by atoms with Crippen LogP contribution in [0.25, 0.3) is 0 Å². The zero-order valence-corrected chi connectivity index (χ0v) is 11.7. The van der Waals surface area contributed by atoms with Crippen LogP contribution in [0.4, 0.5) is 5.69 Å². The minimum absolute atomic E-state index is 0.855. The van der Waals surface area contributed by atoms with Crippen LogP contribution in [0.5, 0.6) is 0 Å². The van der Waals surface area contributed by atoms with Crippen LogP contribution in [0.15, 0.2) is 24.3 Å². The van der Waals surface area contributed by atoms with E-state index in [9.17, 15) is 0 Å². The van der Waals surface area contributed by atoms with E-state index >= 15 is 0 Å². The van der Waals surface area contributed by atoms with Gasteiger partial charge in [-0.3, -0.25) is 0 Å². The van der Waals surface area contributed by atoms with E-state index < -0.39 is 0 Å². The van der Waals surface area contributed by atoms with Gasteiger partial charge in [-0.05, 0) is 34.7 Å². The van der Waals surface area contributed by atoms with E-state index in [4.69, 9.17) is 5.73 Å². The van der Waals surface area contributed by atoms with E-state index in [0.29, 0.717) is 0 Å². The molecule has 1 aromatic carbocycles. The molecular formula is C6H6Br2CoIN. The Morgan fingerprint density at radius 2 is 1.73 bits per heavy atom. The Labute approximate surface area is 100 Å². The average Bonchev–Trinajstić information content (AvgIpc) is 1.97. The molecule has 0 saturated heterocycles. The Morgan fingerprint density at radius 3 is 2.00 bits per heavy atom. The third-order valence-corrected chi connectivity index (χ3v) is 1.89. The zero-order chi connectivity index (χ0) is 8.69. The molecule has 0 spiro atoms. The maximum atomic E-state index is 5.51. The van der Waals surface area contributed by atoms with Crippen molar-refractivity contribution >= 4 is 56.6 Å². The molecule has 0 aliphatic rings. The van der Waals surface area contributed by atoms with Gasteiger partial charge in [0.1, 0.15) is 0 Å². The molecule has 1 nitrogen and oxygen atoms in total. The van der Waals surface area contributed by atoms with Crippen LogP contribution in [0.2, 0.25) is 0 Å². The van der Waals surface area contributed by atoms with Gasteiger partial charge < -0.3 is 5.73 Å². The number of anilines is 1. The molecule has 65 valence electrons. The molecule has 0 aliphatic heterocycles. The number of rotatable bonds is 0. The number of nitrogen functional groups attached to an aromatic ring is 1. The molecule has 1 aromatic rings. The molecule has 0 fully saturated rings. The molecule has 11 heavy (non-hydrogen) atoms. The minimum atomic E-state index is 0.855. The van der Waals surface area contributed by atoms with E-state index in [1.165, 1.54) is 0 Å². The second-order valence-corrected chi connectivity index (χ2v) is 7.98. The van der Waals surface area contributed by atoms with Gasteiger partial charge in [0.25, 0.3) is 0 Å². The summed E-state index contributed by atoms with van der Waals surface area (Å²) in [5, 5.41) is 0. The fourth-order valence-electron chi connectivity index (χ4n) is 0.475. The third kappa shape index (κ3) is 6.38. The fraction of sp³-hybridized carbons (Fsp3) is 0. The van der Waals surface area contributed by atoms with E-state index in [1.54, 1.807) is 0 Å². The number of nitrogens with two attached hydrogens (primary N) is 1. The van der Waals surface area contributed by atoms with Gasteiger partial charge in [0, 0.05) is 9.26 Å². The standard InChI is InChI=1S/C6H6IN.2BrH.Co/c7-5-3-1-2-4-6(5)8;;;/h1-4H,8H2;2*1H;/q;;;+2/p-2. The summed E-state index contributed by atoms with van der Waals surface area (Å²) >= 11 is 9.32. The van der Waals surface area contributed by atoms with Gasteiger partial charge in [-0.1, -0.05) is 12.1 Å². The van der Waals surface area contributed by atoms with Crippen molar-refractivity contribution in [2.45, 2.75) is 0 Å². The predicted molar refractivity (Wildman–Crippen MR) is 61.4 cm³/mol. The van der Waals surface area contributed by atoms with Crippen molar-refractivity contribution in [2.24, 2.45) is 0 Å². The second kappa shape index (κ2) is 7.84. The van der Waals surface area contributed by atoms with Crippen LogP contribution < -0.4 is 5.73 Å². The average molecular weight is 438 g/mol. The van der Waals surface area contributed by atoms with Gasteiger partial charge in [0.2, 0.25) is 0 Å². The molecule has 0 aromatic heterocycles. The summed E-state index contributed by atoms with van der Waals surface area (Å²) in [6, 6.07) is 7.77. The van der Waals surface area contributed by atoms with Crippen molar-refractivity contribution in [3.63, 3.8) is 0 Å². The van der Waals surface area contributed by atoms with Crippen LogP contribution in [0, 0.1) is 3.57 Å². The summed E-state index contributed by atoms with van der Waals surface area (Å²) in [7, 11) is 0. The Bertz CT molecular complexity index is 189. The van der Waals surface area contributed by atoms with Crippen LogP contribution in [-0.2, 0) is 11.1 Å². The van der Waals surface area contributed by atoms with Gasteiger partial charge in [-0.15, -0.1) is 0 Å². The van der Waals surface area contributed by atoms with Crippen molar-refractivity contribution in [3.8, 4) is 0 Å². The number of halogens is 3. The Morgan fingerprint density at radius 1 is 1.27 bits per heavy atom. The third-order valence-electron chi connectivity index (χ3n) is 0.905. The van der Waals surface area contributed by atoms with Gasteiger partial charge in [0.15, 0.2) is 0 Å². The molecule has 0 amide bonds. The van der Waals surface area contributed by atoms with Crippen molar-refractivity contribution in [1.29, 1.82) is 0 Å². The number of benzene rings is 1. The van der Waals surface area contributed by atoms with Crippen LogP contribution in [0.3, 0.4) is 0 Å². The molecule has 0 atom stereocenters. The Kier molecular flexibility index (Phi) is 8.71. The summed E-state index contributed by atoms with van der Waals surface area (Å²) in [5.41, 5.74) is 6.37. The van der Waals surface area contributed by atoms with E-state index in [0.717, 1.165) is 20.4 Å². The first-order chi connectivity index (χ1) is 5.22. The topological polar surface area (TPSA) is 26.0 Å². The molecular weight excluding hydrogens is 432 g/mol. The number of hydrogen-bond donors (Lipinski definition) is 1. The summed E-state index contributed by atoms with van der Waals surface area (Å²) in [6.45, 7) is 0. The first-order valence-electron chi connectivity index (χ1n) is 2.56. The summed E-state index contributed by atoms with van der Waals surface area (Å²) in [4.78, 5) is 0. The van der Waals surface area contributed by atoms with E-state index in [1.807, 2.05) is 24.3 Å². The van der Waals surface area contributed by atoms with E-state index in [2.05, 4.69) is 50.9 Å². The van der Waals surface area contributed by atoms with Crippen LogP contribution in [-0.4, -0.2) is 0 Å². The molecule has 0 heterocycles. The molecule has 0 unspecified atom stereocenters. The first kappa shape index (κ1) is 12.2. The van der Waals surface area contributed by atoms with Crippen molar-refractivity contribution in [3.05, 3.63) is 27.8 Å². The predicted octanol–water partition coefficient (Wildman–Crippen LogP) is 3.56. The van der Waals surface area contributed by atoms with Gasteiger partial charge in [-0.25, -0.2) is 0 Å². The fourth-order valence-corrected chi connectivity index (χ4v) is 0.862. The monoisotopic (exact) mass is 436 g/mol. The van der Waals surface area contributed by atoms with Crippen LogP contribution in [0.1, 0.15) is 0 Å². The number of hydrogen-bond acceptors (Lipinski definition) is 1. The molecule has 5 heteroatoms. The number of para-hydroxylation sites is 1. The van der Waals surface area contributed by atoms with Gasteiger partial charge in [-0.2, -0.15) is 0 Å². The Balaban J connectivity index is 0.000000292. The molecule has 2 N–H and O–H groups in total. The summed E-state index contributed by atoms with van der Waals surface area (Å²) in [5.74, 6) is 0. The zero-order valence-electron chi connectivity index (χ0n) is 5.35. The summed E-state index contributed by atoms with van der Waals surface area (Å²) < 4.78 is 1.12.